The predicted molar refractivity (Wildman–Crippen MR) is 108 cm³/mol. The number of ether oxygens (including phenoxy) is 1. The summed E-state index contributed by atoms with van der Waals surface area (Å²) in [5, 5.41) is 2.97. The zero-order valence-electron chi connectivity index (χ0n) is 13.9. The lowest BCUT2D eigenvalue weighted by Crippen LogP contribution is -2.11. The predicted octanol–water partition coefficient (Wildman–Crippen LogP) is 5.15. The maximum atomic E-state index is 12.1. The van der Waals surface area contributed by atoms with Gasteiger partial charge in [0.05, 0.1) is 17.3 Å². The average Bonchev–Trinajstić information content (AvgIpc) is 3.05. The van der Waals surface area contributed by atoms with Crippen LogP contribution in [0.4, 0.5) is 5.69 Å². The molecule has 0 fully saturated rings. The van der Waals surface area contributed by atoms with E-state index in [-0.39, 0.29) is 5.91 Å². The van der Waals surface area contributed by atoms with E-state index < -0.39 is 0 Å². The first kappa shape index (κ1) is 18.1. The number of amides is 1. The van der Waals surface area contributed by atoms with Crippen molar-refractivity contribution in [2.45, 2.75) is 15.7 Å². The Labute approximate surface area is 159 Å². The minimum Gasteiger partial charge on any atom is -0.497 e. The van der Waals surface area contributed by atoms with E-state index >= 15 is 0 Å². The second kappa shape index (κ2) is 8.60. The van der Waals surface area contributed by atoms with Crippen LogP contribution in [0, 0.1) is 0 Å². The summed E-state index contributed by atoms with van der Waals surface area (Å²) in [6.45, 7) is 0. The van der Waals surface area contributed by atoms with Crippen molar-refractivity contribution in [3.8, 4) is 5.75 Å². The molecule has 3 aromatic rings. The number of rotatable bonds is 7. The molecule has 25 heavy (non-hydrogen) atoms. The molecule has 2 aromatic carbocycles. The van der Waals surface area contributed by atoms with Gasteiger partial charge < -0.3 is 10.1 Å². The Morgan fingerprint density at radius 3 is 2.76 bits per heavy atom. The van der Waals surface area contributed by atoms with Gasteiger partial charge in [-0.2, -0.15) is 0 Å². The van der Waals surface area contributed by atoms with Gasteiger partial charge in [0.15, 0.2) is 4.34 Å². The monoisotopic (exact) mass is 390 g/mol. The van der Waals surface area contributed by atoms with Crippen LogP contribution in [0.1, 0.15) is 6.42 Å². The van der Waals surface area contributed by atoms with Crippen LogP contribution in [-0.4, -0.2) is 30.0 Å². The number of carbonyl (C=O) groups is 1. The summed E-state index contributed by atoms with van der Waals surface area (Å²) in [5.74, 6) is 1.59. The molecule has 7 heteroatoms. The zero-order chi connectivity index (χ0) is 17.6. The van der Waals surface area contributed by atoms with Gasteiger partial charge in [0.25, 0.3) is 0 Å². The fraction of sp³-hybridized carbons (Fsp3) is 0.222. The summed E-state index contributed by atoms with van der Waals surface area (Å²) < 4.78 is 7.27. The molecular weight excluding hydrogens is 372 g/mol. The Kier molecular flexibility index (Phi) is 6.23. The van der Waals surface area contributed by atoms with Gasteiger partial charge in [-0.15, -0.1) is 23.1 Å². The zero-order valence-corrected chi connectivity index (χ0v) is 16.4. The van der Waals surface area contributed by atoms with Gasteiger partial charge >= 0.3 is 0 Å². The van der Waals surface area contributed by atoms with Crippen LogP contribution >= 0.6 is 34.9 Å². The second-order valence-electron chi connectivity index (χ2n) is 5.19. The summed E-state index contributed by atoms with van der Waals surface area (Å²) in [6, 6.07) is 13.7. The van der Waals surface area contributed by atoms with Gasteiger partial charge in [0.2, 0.25) is 5.91 Å². The van der Waals surface area contributed by atoms with Crippen molar-refractivity contribution >= 4 is 56.7 Å². The fourth-order valence-corrected chi connectivity index (χ4v) is 4.61. The molecule has 0 radical (unpaired) electrons. The molecule has 0 aliphatic heterocycles. The molecule has 0 bridgehead atoms. The van der Waals surface area contributed by atoms with Crippen LogP contribution in [0.3, 0.4) is 0 Å². The molecular formula is C18H18N2O2S3. The first-order valence-electron chi connectivity index (χ1n) is 7.69. The molecule has 1 N–H and O–H groups in total. The number of hydrogen-bond donors (Lipinski definition) is 1. The standard InChI is InChI=1S/C18H18N2O2S3/c1-22-13-4-6-14(7-5-13)24-10-9-17(21)19-12-3-8-15-16(11-12)25-18(20-15)23-2/h3-8,11H,9-10H2,1-2H3,(H,19,21). The van der Waals surface area contributed by atoms with Gasteiger partial charge in [-0.05, 0) is 48.7 Å². The molecule has 4 nitrogen and oxygen atoms in total. The number of thioether (sulfide) groups is 2. The van der Waals surface area contributed by atoms with Crippen LogP contribution in [0.2, 0.25) is 0 Å². The lowest BCUT2D eigenvalue weighted by Gasteiger charge is -2.06. The number of nitrogens with one attached hydrogen (secondary N) is 1. The third-order valence-electron chi connectivity index (χ3n) is 3.48. The summed E-state index contributed by atoms with van der Waals surface area (Å²) >= 11 is 4.94. The lowest BCUT2D eigenvalue weighted by atomic mass is 10.3. The van der Waals surface area contributed by atoms with Crippen LogP contribution in [0.15, 0.2) is 51.7 Å². The van der Waals surface area contributed by atoms with E-state index in [1.807, 2.05) is 48.7 Å². The molecule has 0 atom stereocenters. The van der Waals surface area contributed by atoms with Gasteiger partial charge in [-0.25, -0.2) is 4.98 Å². The van der Waals surface area contributed by atoms with E-state index in [9.17, 15) is 4.79 Å². The highest BCUT2D eigenvalue weighted by molar-refractivity contribution is 8.00. The topological polar surface area (TPSA) is 51.2 Å². The van der Waals surface area contributed by atoms with Gasteiger partial charge in [0, 0.05) is 22.8 Å². The normalized spacial score (nSPS) is 10.8. The van der Waals surface area contributed by atoms with Crippen molar-refractivity contribution in [2.75, 3.05) is 24.4 Å². The molecule has 3 rings (SSSR count). The lowest BCUT2D eigenvalue weighted by molar-refractivity contribution is -0.115. The van der Waals surface area contributed by atoms with E-state index in [0.29, 0.717) is 6.42 Å². The van der Waals surface area contributed by atoms with Crippen LogP contribution in [-0.2, 0) is 4.79 Å². The third-order valence-corrected chi connectivity index (χ3v) is 6.50. The maximum Gasteiger partial charge on any atom is 0.225 e. The Hall–Kier alpha value is -1.70. The fourth-order valence-electron chi connectivity index (χ4n) is 2.23. The first-order valence-corrected chi connectivity index (χ1v) is 10.7. The Morgan fingerprint density at radius 1 is 1.24 bits per heavy atom. The number of methoxy groups -OCH3 is 1. The minimum atomic E-state index is 0.0231. The third kappa shape index (κ3) is 4.90. The van der Waals surface area contributed by atoms with E-state index in [2.05, 4.69) is 10.3 Å². The minimum absolute atomic E-state index is 0.0231. The number of carbonyl (C=O) groups excluding carboxylic acids is 1. The number of thiazole rings is 1. The second-order valence-corrected chi connectivity index (χ2v) is 8.44. The van der Waals surface area contributed by atoms with Gasteiger partial charge in [-0.3, -0.25) is 4.79 Å². The van der Waals surface area contributed by atoms with E-state index in [1.165, 1.54) is 0 Å². The highest BCUT2D eigenvalue weighted by Crippen LogP contribution is 2.30. The Bertz CT molecular complexity index is 862. The molecule has 1 amide bonds. The summed E-state index contributed by atoms with van der Waals surface area (Å²) in [5.41, 5.74) is 1.80. The molecule has 0 aliphatic rings. The molecule has 0 aliphatic carbocycles. The first-order chi connectivity index (χ1) is 12.2. The van der Waals surface area contributed by atoms with Crippen molar-refractivity contribution in [3.63, 3.8) is 0 Å². The van der Waals surface area contributed by atoms with E-state index in [0.717, 1.165) is 36.6 Å². The molecule has 1 aromatic heterocycles. The van der Waals surface area contributed by atoms with Gasteiger partial charge in [-0.1, -0.05) is 11.8 Å². The van der Waals surface area contributed by atoms with Crippen LogP contribution < -0.4 is 10.1 Å². The summed E-state index contributed by atoms with van der Waals surface area (Å²) in [4.78, 5) is 17.8. The smallest absolute Gasteiger partial charge is 0.225 e. The maximum absolute atomic E-state index is 12.1. The average molecular weight is 391 g/mol. The number of aromatic nitrogens is 1. The SMILES string of the molecule is COc1ccc(SCCC(=O)Nc2ccc3nc(SC)sc3c2)cc1. The highest BCUT2D eigenvalue weighted by Gasteiger charge is 2.07. The molecule has 0 spiro atoms. The Morgan fingerprint density at radius 2 is 2.04 bits per heavy atom. The number of hydrogen-bond acceptors (Lipinski definition) is 6. The van der Waals surface area contributed by atoms with Crippen LogP contribution in [0.5, 0.6) is 5.75 Å². The molecule has 1 heterocycles. The number of nitrogens with zero attached hydrogens (tertiary/aromatic N) is 1. The number of fused-ring (bicyclic) bond motifs is 1. The van der Waals surface area contributed by atoms with Crippen molar-refractivity contribution in [3.05, 3.63) is 42.5 Å². The molecule has 0 saturated heterocycles. The van der Waals surface area contributed by atoms with E-state index in [4.69, 9.17) is 4.74 Å². The number of benzene rings is 2. The van der Waals surface area contributed by atoms with E-state index in [1.54, 1.807) is 42.0 Å². The van der Waals surface area contributed by atoms with Crippen molar-refractivity contribution in [2.24, 2.45) is 0 Å². The van der Waals surface area contributed by atoms with Crippen molar-refractivity contribution in [1.82, 2.24) is 4.98 Å². The molecule has 0 saturated carbocycles. The van der Waals surface area contributed by atoms with Crippen molar-refractivity contribution < 1.29 is 9.53 Å². The molecule has 130 valence electrons. The van der Waals surface area contributed by atoms with Crippen molar-refractivity contribution in [1.29, 1.82) is 0 Å². The summed E-state index contributed by atoms with van der Waals surface area (Å²) in [6.07, 6.45) is 2.48. The Balaban J connectivity index is 1.51. The summed E-state index contributed by atoms with van der Waals surface area (Å²) in [7, 11) is 1.65. The quantitative estimate of drug-likeness (QED) is 0.566. The van der Waals surface area contributed by atoms with Gasteiger partial charge in [0.1, 0.15) is 5.75 Å². The number of anilines is 1. The largest absolute Gasteiger partial charge is 0.497 e. The molecule has 0 unspecified atom stereocenters. The van der Waals surface area contributed by atoms with Crippen LogP contribution in [0.25, 0.3) is 10.2 Å². The highest BCUT2D eigenvalue weighted by atomic mass is 32.2.